The van der Waals surface area contributed by atoms with Crippen molar-refractivity contribution in [2.45, 2.75) is 32.6 Å². The number of halogens is 1. The molecule has 0 amide bonds. The quantitative estimate of drug-likeness (QED) is 0.781. The number of hydrogen-bond donors (Lipinski definition) is 1. The van der Waals surface area contributed by atoms with Crippen LogP contribution in [0.4, 0.5) is 0 Å². The van der Waals surface area contributed by atoms with Crippen molar-refractivity contribution >= 4 is 11.6 Å². The molecule has 0 aromatic carbocycles. The van der Waals surface area contributed by atoms with E-state index in [4.69, 9.17) is 11.6 Å². The lowest BCUT2D eigenvalue weighted by atomic mass is 10.1. The summed E-state index contributed by atoms with van der Waals surface area (Å²) in [4.78, 5) is 18.0. The van der Waals surface area contributed by atoms with Crippen LogP contribution in [0, 0.1) is 5.92 Å². The van der Waals surface area contributed by atoms with Gasteiger partial charge in [0.05, 0.1) is 5.88 Å². The van der Waals surface area contributed by atoms with E-state index in [9.17, 15) is 4.79 Å². The lowest BCUT2D eigenvalue weighted by Gasteiger charge is -2.04. The fourth-order valence-electron chi connectivity index (χ4n) is 1.19. The standard InChI is InChI=1S/C10H15ClN2O/c1-7(2)3-4-8-5-10(14)13-9(6-11)12-8/h5,7H,3-4,6H2,1-2H3,(H,12,13,14). The predicted octanol–water partition coefficient (Wildman–Crippen LogP) is 2.10. The minimum atomic E-state index is -0.116. The SMILES string of the molecule is CC(C)CCc1cc(=O)[nH]c(CCl)n1. The van der Waals surface area contributed by atoms with Crippen LogP contribution in [0.3, 0.4) is 0 Å². The number of alkyl halides is 1. The molecule has 0 spiro atoms. The molecule has 1 heterocycles. The Labute approximate surface area is 88.5 Å². The number of aromatic nitrogens is 2. The van der Waals surface area contributed by atoms with Gasteiger partial charge < -0.3 is 4.98 Å². The molecule has 0 unspecified atom stereocenters. The highest BCUT2D eigenvalue weighted by Crippen LogP contribution is 2.05. The molecular weight excluding hydrogens is 200 g/mol. The molecule has 0 fully saturated rings. The Kier molecular flexibility index (Phi) is 4.14. The van der Waals surface area contributed by atoms with Crippen LogP contribution in [0.1, 0.15) is 31.8 Å². The number of nitrogens with zero attached hydrogens (tertiary/aromatic N) is 1. The largest absolute Gasteiger partial charge is 0.310 e. The van der Waals surface area contributed by atoms with Crippen LogP contribution in [0.25, 0.3) is 0 Å². The summed E-state index contributed by atoms with van der Waals surface area (Å²) in [5, 5.41) is 0. The van der Waals surface area contributed by atoms with Crippen LogP contribution >= 0.6 is 11.6 Å². The van der Waals surface area contributed by atoms with Gasteiger partial charge in [0.15, 0.2) is 0 Å². The highest BCUT2D eigenvalue weighted by Gasteiger charge is 2.01. The molecule has 14 heavy (non-hydrogen) atoms. The smallest absolute Gasteiger partial charge is 0.251 e. The maximum absolute atomic E-state index is 11.2. The Morgan fingerprint density at radius 1 is 1.57 bits per heavy atom. The van der Waals surface area contributed by atoms with Crippen molar-refractivity contribution in [2.75, 3.05) is 0 Å². The van der Waals surface area contributed by atoms with Crippen LogP contribution in [0.5, 0.6) is 0 Å². The molecule has 0 aliphatic heterocycles. The molecule has 0 aliphatic carbocycles. The molecule has 0 saturated heterocycles. The Balaban J connectivity index is 2.76. The van der Waals surface area contributed by atoms with E-state index in [1.54, 1.807) is 6.07 Å². The van der Waals surface area contributed by atoms with Crippen molar-refractivity contribution in [1.82, 2.24) is 9.97 Å². The molecule has 0 bridgehead atoms. The van der Waals surface area contributed by atoms with E-state index >= 15 is 0 Å². The van der Waals surface area contributed by atoms with E-state index in [-0.39, 0.29) is 11.4 Å². The van der Waals surface area contributed by atoms with Crippen LogP contribution in [-0.2, 0) is 12.3 Å². The summed E-state index contributed by atoms with van der Waals surface area (Å²) in [6, 6.07) is 1.54. The second-order valence-electron chi connectivity index (χ2n) is 3.75. The van der Waals surface area contributed by atoms with Crippen molar-refractivity contribution in [3.63, 3.8) is 0 Å². The van der Waals surface area contributed by atoms with Gasteiger partial charge in [-0.15, -0.1) is 11.6 Å². The molecule has 0 saturated carbocycles. The van der Waals surface area contributed by atoms with E-state index in [2.05, 4.69) is 23.8 Å². The normalized spacial score (nSPS) is 10.9. The Hall–Kier alpha value is -0.830. The summed E-state index contributed by atoms with van der Waals surface area (Å²) in [5.41, 5.74) is 0.715. The highest BCUT2D eigenvalue weighted by molar-refractivity contribution is 6.16. The predicted molar refractivity (Wildman–Crippen MR) is 57.6 cm³/mol. The van der Waals surface area contributed by atoms with Crippen molar-refractivity contribution < 1.29 is 0 Å². The zero-order chi connectivity index (χ0) is 10.6. The minimum Gasteiger partial charge on any atom is -0.310 e. The zero-order valence-electron chi connectivity index (χ0n) is 8.51. The first kappa shape index (κ1) is 11.2. The van der Waals surface area contributed by atoms with Crippen molar-refractivity contribution in [3.05, 3.63) is 27.9 Å². The van der Waals surface area contributed by atoms with Gasteiger partial charge >= 0.3 is 0 Å². The van der Waals surface area contributed by atoms with Gasteiger partial charge in [0, 0.05) is 11.8 Å². The molecular formula is C10H15ClN2O. The maximum Gasteiger partial charge on any atom is 0.251 e. The zero-order valence-corrected chi connectivity index (χ0v) is 9.27. The number of rotatable bonds is 4. The van der Waals surface area contributed by atoms with Gasteiger partial charge in [0.1, 0.15) is 5.82 Å². The first-order chi connectivity index (χ1) is 6.61. The van der Waals surface area contributed by atoms with Crippen LogP contribution in [-0.4, -0.2) is 9.97 Å². The average molecular weight is 215 g/mol. The van der Waals surface area contributed by atoms with Crippen LogP contribution in [0.2, 0.25) is 0 Å². The second kappa shape index (κ2) is 5.15. The van der Waals surface area contributed by atoms with Crippen LogP contribution < -0.4 is 5.56 Å². The summed E-state index contributed by atoms with van der Waals surface area (Å²) in [6.07, 6.45) is 1.88. The van der Waals surface area contributed by atoms with Gasteiger partial charge in [-0.3, -0.25) is 4.79 Å². The first-order valence-corrected chi connectivity index (χ1v) is 5.30. The van der Waals surface area contributed by atoms with Crippen molar-refractivity contribution in [1.29, 1.82) is 0 Å². The number of H-pyrrole nitrogens is 1. The lowest BCUT2D eigenvalue weighted by Crippen LogP contribution is -2.12. The minimum absolute atomic E-state index is 0.116. The topological polar surface area (TPSA) is 45.8 Å². The summed E-state index contributed by atoms with van der Waals surface area (Å²) in [7, 11) is 0. The van der Waals surface area contributed by atoms with Gasteiger partial charge in [-0.25, -0.2) is 4.98 Å². The van der Waals surface area contributed by atoms with Crippen molar-refractivity contribution in [2.24, 2.45) is 5.92 Å². The van der Waals surface area contributed by atoms with E-state index < -0.39 is 0 Å². The number of nitrogens with one attached hydrogen (secondary N) is 1. The molecule has 1 aromatic heterocycles. The highest BCUT2D eigenvalue weighted by atomic mass is 35.5. The number of aromatic amines is 1. The van der Waals surface area contributed by atoms with Gasteiger partial charge in [0.2, 0.25) is 0 Å². The Morgan fingerprint density at radius 3 is 2.86 bits per heavy atom. The fourth-order valence-corrected chi connectivity index (χ4v) is 1.32. The summed E-state index contributed by atoms with van der Waals surface area (Å²) in [6.45, 7) is 4.30. The summed E-state index contributed by atoms with van der Waals surface area (Å²) < 4.78 is 0. The number of aryl methyl sites for hydroxylation is 1. The third-order valence-corrected chi connectivity index (χ3v) is 2.20. The summed E-state index contributed by atoms with van der Waals surface area (Å²) in [5.74, 6) is 1.43. The summed E-state index contributed by atoms with van der Waals surface area (Å²) >= 11 is 5.60. The molecule has 1 N–H and O–H groups in total. The maximum atomic E-state index is 11.2. The molecule has 1 rings (SSSR count). The van der Waals surface area contributed by atoms with Gasteiger partial charge in [-0.2, -0.15) is 0 Å². The van der Waals surface area contributed by atoms with Crippen LogP contribution in [0.15, 0.2) is 10.9 Å². The van der Waals surface area contributed by atoms with E-state index in [0.717, 1.165) is 18.5 Å². The molecule has 3 nitrogen and oxygen atoms in total. The Morgan fingerprint density at radius 2 is 2.29 bits per heavy atom. The van der Waals surface area contributed by atoms with E-state index in [0.29, 0.717) is 11.7 Å². The first-order valence-electron chi connectivity index (χ1n) is 4.77. The molecule has 4 heteroatoms. The molecule has 1 aromatic rings. The van der Waals surface area contributed by atoms with Gasteiger partial charge in [-0.1, -0.05) is 13.8 Å². The third kappa shape index (κ3) is 3.50. The number of hydrogen-bond acceptors (Lipinski definition) is 2. The Bertz CT molecular complexity index is 346. The molecule has 78 valence electrons. The molecule has 0 atom stereocenters. The van der Waals surface area contributed by atoms with E-state index in [1.807, 2.05) is 0 Å². The van der Waals surface area contributed by atoms with Gasteiger partial charge in [-0.05, 0) is 18.8 Å². The van der Waals surface area contributed by atoms with Gasteiger partial charge in [0.25, 0.3) is 5.56 Å². The lowest BCUT2D eigenvalue weighted by molar-refractivity contribution is 0.579. The average Bonchev–Trinajstić information content (AvgIpc) is 2.14. The second-order valence-corrected chi connectivity index (χ2v) is 4.02. The van der Waals surface area contributed by atoms with E-state index in [1.165, 1.54) is 0 Å². The third-order valence-electron chi connectivity index (χ3n) is 1.95. The van der Waals surface area contributed by atoms with Crippen molar-refractivity contribution in [3.8, 4) is 0 Å². The molecule has 0 aliphatic rings. The fraction of sp³-hybridized carbons (Fsp3) is 0.600. The molecule has 0 radical (unpaired) electrons. The monoisotopic (exact) mass is 214 g/mol.